The van der Waals surface area contributed by atoms with Gasteiger partial charge in [-0.05, 0) is 73.8 Å². The minimum absolute atomic E-state index is 0.203. The summed E-state index contributed by atoms with van der Waals surface area (Å²) in [4.78, 5) is 14.9. The van der Waals surface area contributed by atoms with Crippen LogP contribution in [0.5, 0.6) is 0 Å². The van der Waals surface area contributed by atoms with Gasteiger partial charge < -0.3 is 4.90 Å². The number of carbonyl (C=O) groups is 1. The predicted octanol–water partition coefficient (Wildman–Crippen LogP) is 2.99. The molecule has 2 aliphatic rings. The quantitative estimate of drug-likeness (QED) is 0.947. The van der Waals surface area contributed by atoms with Crippen molar-refractivity contribution in [2.24, 2.45) is 5.92 Å². The van der Waals surface area contributed by atoms with E-state index in [0.717, 1.165) is 37.9 Å². The first-order valence-corrected chi connectivity index (χ1v) is 8.69. The summed E-state index contributed by atoms with van der Waals surface area (Å²) in [5, 5.41) is 7.05. The molecular weight excluding hydrogens is 286 g/mol. The van der Waals surface area contributed by atoms with Gasteiger partial charge in [0.25, 0.3) is 5.91 Å². The van der Waals surface area contributed by atoms with Gasteiger partial charge in [-0.25, -0.2) is 0 Å². The summed E-state index contributed by atoms with van der Waals surface area (Å²) in [6.45, 7) is 1.74. The molecule has 2 aromatic rings. The lowest BCUT2D eigenvalue weighted by atomic mass is 9.93. The number of piperidine rings is 1. The molecule has 0 spiro atoms. The van der Waals surface area contributed by atoms with Crippen molar-refractivity contribution in [2.75, 3.05) is 13.1 Å². The number of likely N-dealkylation sites (tertiary alicyclic amines) is 1. The minimum Gasteiger partial charge on any atom is -0.338 e. The SMILES string of the molecule is O=C(c1ccc2c(c1)CCC2)N1CCCC(Cc2ccn[nH]2)C1. The van der Waals surface area contributed by atoms with E-state index in [1.54, 1.807) is 6.20 Å². The lowest BCUT2D eigenvalue weighted by molar-refractivity contribution is 0.0672. The average Bonchev–Trinajstić information content (AvgIpc) is 3.25. The fourth-order valence-corrected chi connectivity index (χ4v) is 4.01. The molecule has 1 atom stereocenters. The van der Waals surface area contributed by atoms with Crippen LogP contribution in [-0.2, 0) is 19.3 Å². The van der Waals surface area contributed by atoms with E-state index in [9.17, 15) is 4.79 Å². The van der Waals surface area contributed by atoms with Gasteiger partial charge in [-0.3, -0.25) is 9.89 Å². The highest BCUT2D eigenvalue weighted by atomic mass is 16.2. The van der Waals surface area contributed by atoms with Gasteiger partial charge in [0.15, 0.2) is 0 Å². The number of carbonyl (C=O) groups excluding carboxylic acids is 1. The van der Waals surface area contributed by atoms with Crippen molar-refractivity contribution in [1.29, 1.82) is 0 Å². The van der Waals surface area contributed by atoms with Crippen molar-refractivity contribution in [2.45, 2.75) is 38.5 Å². The van der Waals surface area contributed by atoms with Crippen molar-refractivity contribution < 1.29 is 4.79 Å². The fraction of sp³-hybridized carbons (Fsp3) is 0.474. The zero-order valence-corrected chi connectivity index (χ0v) is 13.4. The van der Waals surface area contributed by atoms with E-state index in [4.69, 9.17) is 0 Å². The highest BCUT2D eigenvalue weighted by molar-refractivity contribution is 5.94. The smallest absolute Gasteiger partial charge is 0.253 e. The summed E-state index contributed by atoms with van der Waals surface area (Å²) < 4.78 is 0. The van der Waals surface area contributed by atoms with E-state index >= 15 is 0 Å². The van der Waals surface area contributed by atoms with Crippen molar-refractivity contribution in [3.63, 3.8) is 0 Å². The number of nitrogens with zero attached hydrogens (tertiary/aromatic N) is 2. The van der Waals surface area contributed by atoms with Crippen molar-refractivity contribution >= 4 is 5.91 Å². The minimum atomic E-state index is 0.203. The molecule has 1 fully saturated rings. The maximum atomic E-state index is 12.9. The number of nitrogens with one attached hydrogen (secondary N) is 1. The summed E-state index contributed by atoms with van der Waals surface area (Å²) in [6.07, 6.45) is 8.57. The molecule has 1 aromatic heterocycles. The second-order valence-electron chi connectivity index (χ2n) is 6.88. The maximum absolute atomic E-state index is 12.9. The number of benzene rings is 1. The number of aromatic nitrogens is 2. The number of hydrogen-bond acceptors (Lipinski definition) is 2. The highest BCUT2D eigenvalue weighted by Gasteiger charge is 2.25. The third-order valence-electron chi connectivity index (χ3n) is 5.22. The Balaban J connectivity index is 1.45. The second kappa shape index (κ2) is 6.19. The first-order chi connectivity index (χ1) is 11.3. The Kier molecular flexibility index (Phi) is 3.90. The number of aryl methyl sites for hydroxylation is 2. The normalized spacial score (nSPS) is 20.5. The Labute approximate surface area is 136 Å². The van der Waals surface area contributed by atoms with E-state index in [-0.39, 0.29) is 5.91 Å². The Bertz CT molecular complexity index is 693. The number of rotatable bonds is 3. The molecule has 4 heteroatoms. The van der Waals surface area contributed by atoms with E-state index in [2.05, 4.69) is 22.3 Å². The van der Waals surface area contributed by atoms with E-state index in [1.165, 1.54) is 36.1 Å². The second-order valence-corrected chi connectivity index (χ2v) is 6.88. The Morgan fingerprint density at radius 3 is 3.00 bits per heavy atom. The van der Waals surface area contributed by atoms with Gasteiger partial charge in [0, 0.05) is 30.5 Å². The molecule has 120 valence electrons. The molecule has 1 saturated heterocycles. The zero-order valence-electron chi connectivity index (χ0n) is 13.4. The van der Waals surface area contributed by atoms with Crippen LogP contribution in [0.2, 0.25) is 0 Å². The Morgan fingerprint density at radius 2 is 2.13 bits per heavy atom. The fourth-order valence-electron chi connectivity index (χ4n) is 4.01. The molecule has 1 N–H and O–H groups in total. The van der Waals surface area contributed by atoms with Crippen LogP contribution in [0.1, 0.15) is 46.4 Å². The number of H-pyrrole nitrogens is 1. The van der Waals surface area contributed by atoms with Gasteiger partial charge >= 0.3 is 0 Å². The van der Waals surface area contributed by atoms with Crippen molar-refractivity contribution in [3.8, 4) is 0 Å². The average molecular weight is 309 g/mol. The maximum Gasteiger partial charge on any atom is 0.253 e. The number of hydrogen-bond donors (Lipinski definition) is 1. The number of aromatic amines is 1. The van der Waals surface area contributed by atoms with Crippen molar-refractivity contribution in [1.82, 2.24) is 15.1 Å². The van der Waals surface area contributed by atoms with Crippen LogP contribution in [0.25, 0.3) is 0 Å². The topological polar surface area (TPSA) is 49.0 Å². The van der Waals surface area contributed by atoms with Crippen LogP contribution < -0.4 is 0 Å². The molecule has 1 aliphatic carbocycles. The van der Waals surface area contributed by atoms with E-state index in [1.807, 2.05) is 17.0 Å². The Hall–Kier alpha value is -2.10. The number of fused-ring (bicyclic) bond motifs is 1. The van der Waals surface area contributed by atoms with Gasteiger partial charge in [-0.2, -0.15) is 5.10 Å². The summed E-state index contributed by atoms with van der Waals surface area (Å²) in [5.41, 5.74) is 4.84. The standard InChI is InChI=1S/C19H23N3O/c23-19(17-7-6-15-4-1-5-16(15)12-17)22-10-2-3-14(13-22)11-18-8-9-20-21-18/h6-9,12,14H,1-5,10-11,13H2,(H,20,21). The van der Waals surface area contributed by atoms with E-state index < -0.39 is 0 Å². The molecule has 1 unspecified atom stereocenters. The summed E-state index contributed by atoms with van der Waals surface area (Å²) in [6, 6.07) is 8.33. The monoisotopic (exact) mass is 309 g/mol. The molecule has 0 saturated carbocycles. The first kappa shape index (κ1) is 14.5. The van der Waals surface area contributed by atoms with Crippen LogP contribution in [0.15, 0.2) is 30.5 Å². The number of amides is 1. The molecule has 1 aromatic carbocycles. The lowest BCUT2D eigenvalue weighted by Gasteiger charge is -2.32. The first-order valence-electron chi connectivity index (χ1n) is 8.69. The molecule has 23 heavy (non-hydrogen) atoms. The molecule has 4 nitrogen and oxygen atoms in total. The van der Waals surface area contributed by atoms with Gasteiger partial charge in [-0.1, -0.05) is 6.07 Å². The van der Waals surface area contributed by atoms with E-state index in [0.29, 0.717) is 5.92 Å². The highest BCUT2D eigenvalue weighted by Crippen LogP contribution is 2.25. The van der Waals surface area contributed by atoms with Gasteiger partial charge in [0.2, 0.25) is 0 Å². The zero-order chi connectivity index (χ0) is 15.6. The van der Waals surface area contributed by atoms with Gasteiger partial charge in [-0.15, -0.1) is 0 Å². The third-order valence-corrected chi connectivity index (χ3v) is 5.22. The predicted molar refractivity (Wildman–Crippen MR) is 89.4 cm³/mol. The van der Waals surface area contributed by atoms with Gasteiger partial charge in [0.05, 0.1) is 0 Å². The third kappa shape index (κ3) is 3.03. The summed E-state index contributed by atoms with van der Waals surface area (Å²) in [7, 11) is 0. The molecule has 1 amide bonds. The Morgan fingerprint density at radius 1 is 1.22 bits per heavy atom. The molecule has 4 rings (SSSR count). The summed E-state index contributed by atoms with van der Waals surface area (Å²) in [5.74, 6) is 0.733. The lowest BCUT2D eigenvalue weighted by Crippen LogP contribution is -2.40. The molecule has 0 bridgehead atoms. The van der Waals surface area contributed by atoms with Crippen LogP contribution in [0.4, 0.5) is 0 Å². The van der Waals surface area contributed by atoms with Crippen LogP contribution in [0.3, 0.4) is 0 Å². The van der Waals surface area contributed by atoms with Crippen LogP contribution in [-0.4, -0.2) is 34.1 Å². The molecule has 0 radical (unpaired) electrons. The molecule has 1 aliphatic heterocycles. The van der Waals surface area contributed by atoms with Crippen molar-refractivity contribution in [3.05, 3.63) is 52.8 Å². The summed E-state index contributed by atoms with van der Waals surface area (Å²) >= 11 is 0. The van der Waals surface area contributed by atoms with Crippen LogP contribution >= 0.6 is 0 Å². The largest absolute Gasteiger partial charge is 0.338 e. The molecule has 2 heterocycles. The van der Waals surface area contributed by atoms with Crippen LogP contribution in [0, 0.1) is 5.92 Å². The molecular formula is C19H23N3O. The van der Waals surface area contributed by atoms with Gasteiger partial charge in [0.1, 0.15) is 0 Å².